The fourth-order valence-electron chi connectivity index (χ4n) is 1.39. The first-order chi connectivity index (χ1) is 9.36. The number of ether oxygens (including phenoxy) is 2. The Morgan fingerprint density at radius 1 is 1.45 bits per heavy atom. The summed E-state index contributed by atoms with van der Waals surface area (Å²) in [5.41, 5.74) is 0. The van der Waals surface area contributed by atoms with Gasteiger partial charge in [-0.3, -0.25) is 5.32 Å². The number of anilines is 1. The van der Waals surface area contributed by atoms with Crippen LogP contribution in [0.1, 0.15) is 5.01 Å². The van der Waals surface area contributed by atoms with Crippen LogP contribution in [0, 0.1) is 0 Å². The van der Waals surface area contributed by atoms with Gasteiger partial charge in [-0.1, -0.05) is 59.1 Å². The fourth-order valence-corrected chi connectivity index (χ4v) is 2.96. The van der Waals surface area contributed by atoms with E-state index in [1.54, 1.807) is 7.05 Å². The van der Waals surface area contributed by atoms with Gasteiger partial charge in [0.1, 0.15) is 0 Å². The lowest BCUT2D eigenvalue weighted by molar-refractivity contribution is -0.0518. The van der Waals surface area contributed by atoms with Crippen LogP contribution >= 0.6 is 59.1 Å². The Morgan fingerprint density at radius 2 is 2.10 bits per heavy atom. The molecule has 0 aliphatic carbocycles. The van der Waals surface area contributed by atoms with Gasteiger partial charge in [-0.25, -0.2) is 4.79 Å². The lowest BCUT2D eigenvalue weighted by Crippen LogP contribution is -2.37. The quantitative estimate of drug-likeness (QED) is 0.654. The van der Waals surface area contributed by atoms with Gasteiger partial charge in [-0.05, 0) is 0 Å². The van der Waals surface area contributed by atoms with Crippen molar-refractivity contribution in [2.75, 3.05) is 32.1 Å². The van der Waals surface area contributed by atoms with E-state index in [1.165, 1.54) is 16.2 Å². The molecule has 1 aliphatic heterocycles. The Kier molecular flexibility index (Phi) is 5.77. The molecule has 0 spiro atoms. The lowest BCUT2D eigenvalue weighted by Gasteiger charge is -2.19. The number of urea groups is 1. The molecular formula is C9H11Br3N4O3S. The number of nitrogens with zero attached hydrogens (tertiary/aromatic N) is 3. The van der Waals surface area contributed by atoms with E-state index in [0.717, 1.165) is 0 Å². The summed E-state index contributed by atoms with van der Waals surface area (Å²) in [4.78, 5) is 13.4. The molecule has 1 aliphatic rings. The molecule has 2 heterocycles. The van der Waals surface area contributed by atoms with Crippen LogP contribution in [0.15, 0.2) is 0 Å². The number of amides is 2. The molecule has 1 aromatic rings. The summed E-state index contributed by atoms with van der Waals surface area (Å²) in [5.74, 6) is 0. The topological polar surface area (TPSA) is 76.6 Å². The number of carbonyl (C=O) groups is 1. The molecule has 2 amide bonds. The highest BCUT2D eigenvalue weighted by molar-refractivity contribution is 9.38. The standard InChI is InChI=1S/C9H11Br3N4O3S/c1-16(4-5-18-2-3-19-5)8(17)13-7-15-14-6(20-7)9(10,11)12/h5H,2-4H2,1H3,(H,13,15,17). The fraction of sp³-hybridized carbons (Fsp3) is 0.667. The molecule has 11 heteroatoms. The highest BCUT2D eigenvalue weighted by Crippen LogP contribution is 2.45. The van der Waals surface area contributed by atoms with Gasteiger partial charge in [0.2, 0.25) is 5.13 Å². The average molecular weight is 495 g/mol. The number of alkyl halides is 3. The van der Waals surface area contributed by atoms with Crippen molar-refractivity contribution in [3.8, 4) is 0 Å². The van der Waals surface area contributed by atoms with Crippen LogP contribution in [0.25, 0.3) is 0 Å². The molecule has 112 valence electrons. The van der Waals surface area contributed by atoms with Gasteiger partial charge < -0.3 is 14.4 Å². The molecule has 20 heavy (non-hydrogen) atoms. The minimum Gasteiger partial charge on any atom is -0.348 e. The van der Waals surface area contributed by atoms with E-state index in [-0.39, 0.29) is 12.3 Å². The van der Waals surface area contributed by atoms with Gasteiger partial charge in [0.05, 0.1) is 19.8 Å². The summed E-state index contributed by atoms with van der Waals surface area (Å²) in [6.45, 7) is 1.48. The molecule has 7 nitrogen and oxygen atoms in total. The van der Waals surface area contributed by atoms with E-state index in [9.17, 15) is 4.79 Å². The lowest BCUT2D eigenvalue weighted by atomic mass is 10.5. The second-order valence-electron chi connectivity index (χ2n) is 3.89. The van der Waals surface area contributed by atoms with Gasteiger partial charge in [0, 0.05) is 7.05 Å². The molecule has 0 atom stereocenters. The highest BCUT2D eigenvalue weighted by atomic mass is 80.0. The second-order valence-corrected chi connectivity index (χ2v) is 11.6. The largest absolute Gasteiger partial charge is 0.348 e. The Labute approximate surface area is 144 Å². The van der Waals surface area contributed by atoms with Crippen LogP contribution in [0.4, 0.5) is 9.93 Å². The van der Waals surface area contributed by atoms with E-state index >= 15 is 0 Å². The van der Waals surface area contributed by atoms with Crippen LogP contribution in [0.3, 0.4) is 0 Å². The third-order valence-corrected chi connectivity index (χ3v) is 5.21. The summed E-state index contributed by atoms with van der Waals surface area (Å²) < 4.78 is 9.94. The second kappa shape index (κ2) is 6.97. The smallest absolute Gasteiger partial charge is 0.323 e. The van der Waals surface area contributed by atoms with Crippen molar-refractivity contribution in [3.63, 3.8) is 0 Å². The molecule has 0 unspecified atom stereocenters. The maximum Gasteiger partial charge on any atom is 0.323 e. The molecule has 1 fully saturated rings. The minimum atomic E-state index is -0.634. The van der Waals surface area contributed by atoms with Gasteiger partial charge >= 0.3 is 6.03 Å². The summed E-state index contributed by atoms with van der Waals surface area (Å²) in [7, 11) is 1.66. The molecule has 0 saturated carbocycles. The summed E-state index contributed by atoms with van der Waals surface area (Å²) in [6.07, 6.45) is -0.365. The highest BCUT2D eigenvalue weighted by Gasteiger charge is 2.27. The molecule has 1 N–H and O–H groups in total. The minimum absolute atomic E-state index is 0.295. The Morgan fingerprint density at radius 3 is 2.65 bits per heavy atom. The molecule has 0 radical (unpaired) electrons. The van der Waals surface area contributed by atoms with Gasteiger partial charge in [0.15, 0.2) is 13.4 Å². The summed E-state index contributed by atoms with van der Waals surface area (Å²) in [6, 6.07) is -0.295. The Bertz CT molecular complexity index is 475. The first kappa shape index (κ1) is 16.6. The van der Waals surface area contributed by atoms with Crippen LogP contribution in [-0.4, -0.2) is 54.2 Å². The number of halogens is 3. The molecule has 0 aromatic carbocycles. The van der Waals surface area contributed by atoms with E-state index in [4.69, 9.17) is 9.47 Å². The SMILES string of the molecule is CN(CC1OCCO1)C(=O)Nc1nnc(C(Br)(Br)Br)s1. The number of rotatable bonds is 3. The van der Waals surface area contributed by atoms with Crippen LogP contribution in [-0.2, 0) is 11.6 Å². The average Bonchev–Trinajstić information content (AvgIpc) is 2.98. The number of likely N-dealkylation sites (N-methyl/N-ethyl adjacent to an activating group) is 1. The predicted octanol–water partition coefficient (Wildman–Crippen LogP) is 2.67. The van der Waals surface area contributed by atoms with Crippen molar-refractivity contribution >= 4 is 70.3 Å². The van der Waals surface area contributed by atoms with E-state index in [1.807, 2.05) is 0 Å². The van der Waals surface area contributed by atoms with Crippen LogP contribution < -0.4 is 5.32 Å². The van der Waals surface area contributed by atoms with E-state index in [0.29, 0.717) is 29.9 Å². The zero-order chi connectivity index (χ0) is 14.8. The Hall–Kier alpha value is 0.190. The van der Waals surface area contributed by atoms with Crippen molar-refractivity contribution in [1.29, 1.82) is 0 Å². The number of hydrogen-bond donors (Lipinski definition) is 1. The Balaban J connectivity index is 1.88. The van der Waals surface area contributed by atoms with E-state index < -0.39 is 2.14 Å². The van der Waals surface area contributed by atoms with Crippen LogP contribution in [0.5, 0.6) is 0 Å². The normalized spacial score (nSPS) is 16.4. The zero-order valence-electron chi connectivity index (χ0n) is 10.3. The maximum atomic E-state index is 12.0. The molecular weight excluding hydrogens is 484 g/mol. The van der Waals surface area contributed by atoms with Crippen molar-refractivity contribution in [1.82, 2.24) is 15.1 Å². The number of nitrogens with one attached hydrogen (secondary N) is 1. The first-order valence-electron chi connectivity index (χ1n) is 5.52. The van der Waals surface area contributed by atoms with E-state index in [2.05, 4.69) is 63.3 Å². The third-order valence-electron chi connectivity index (χ3n) is 2.34. The number of hydrogen-bond acceptors (Lipinski definition) is 6. The molecule has 1 aromatic heterocycles. The first-order valence-corrected chi connectivity index (χ1v) is 8.72. The molecule has 1 saturated heterocycles. The molecule has 0 bridgehead atoms. The van der Waals surface area contributed by atoms with Crippen LogP contribution in [0.2, 0.25) is 0 Å². The summed E-state index contributed by atoms with van der Waals surface area (Å²) >= 11 is 11.3. The van der Waals surface area contributed by atoms with Gasteiger partial charge in [0.25, 0.3) is 0 Å². The summed E-state index contributed by atoms with van der Waals surface area (Å²) in [5, 5.41) is 11.6. The van der Waals surface area contributed by atoms with Crippen molar-refractivity contribution < 1.29 is 14.3 Å². The van der Waals surface area contributed by atoms with Gasteiger partial charge in [-0.2, -0.15) is 0 Å². The zero-order valence-corrected chi connectivity index (χ0v) is 15.9. The van der Waals surface area contributed by atoms with Gasteiger partial charge in [-0.15, -0.1) is 10.2 Å². The number of aromatic nitrogens is 2. The maximum absolute atomic E-state index is 12.0. The predicted molar refractivity (Wildman–Crippen MR) is 85.7 cm³/mol. The molecule has 2 rings (SSSR count). The third kappa shape index (κ3) is 4.60. The van der Waals surface area contributed by atoms with Crippen molar-refractivity contribution in [2.24, 2.45) is 0 Å². The van der Waals surface area contributed by atoms with Crippen molar-refractivity contribution in [2.45, 2.75) is 8.43 Å². The van der Waals surface area contributed by atoms with Crippen molar-refractivity contribution in [3.05, 3.63) is 5.01 Å². The monoisotopic (exact) mass is 492 g/mol. The number of carbonyl (C=O) groups excluding carboxylic acids is 1.